The summed E-state index contributed by atoms with van der Waals surface area (Å²) in [6, 6.07) is 3.41. The zero-order valence-corrected chi connectivity index (χ0v) is 17.9. The molecule has 1 aliphatic rings. The highest BCUT2D eigenvalue weighted by atomic mass is 32.2. The molecule has 0 bridgehead atoms. The molecule has 172 valence electrons. The summed E-state index contributed by atoms with van der Waals surface area (Å²) in [6.07, 6.45) is 2.12. The Morgan fingerprint density at radius 1 is 1.25 bits per heavy atom. The number of nitrogens with zero attached hydrogens (tertiary/aromatic N) is 2. The van der Waals surface area contributed by atoms with Gasteiger partial charge in [0.15, 0.2) is 5.82 Å². The number of carbonyl (C=O) groups excluding carboxylic acids is 2. The molecular formula is C20H21F4N5O2S. The summed E-state index contributed by atoms with van der Waals surface area (Å²) in [7, 11) is 0. The largest absolute Gasteiger partial charge is 0.446 e. The summed E-state index contributed by atoms with van der Waals surface area (Å²) in [5, 5.41) is 8.40. The van der Waals surface area contributed by atoms with Crippen LogP contribution in [0.15, 0.2) is 41.6 Å². The highest BCUT2D eigenvalue weighted by molar-refractivity contribution is 8.00. The molecule has 2 amide bonds. The van der Waals surface area contributed by atoms with Crippen LogP contribution in [0.2, 0.25) is 0 Å². The number of benzene rings is 1. The molecule has 3 atom stereocenters. The van der Waals surface area contributed by atoms with E-state index in [1.54, 1.807) is 19.9 Å². The van der Waals surface area contributed by atoms with Gasteiger partial charge >= 0.3 is 5.51 Å². The molecule has 0 spiro atoms. The number of hydrogen-bond acceptors (Lipinski definition) is 6. The number of hydrogen-bond donors (Lipinski definition) is 3. The lowest BCUT2D eigenvalue weighted by Crippen LogP contribution is -2.57. The molecule has 2 aromatic rings. The number of aromatic nitrogens is 2. The second-order valence-corrected chi connectivity index (χ2v) is 8.61. The van der Waals surface area contributed by atoms with Crippen LogP contribution in [0.25, 0.3) is 0 Å². The summed E-state index contributed by atoms with van der Waals surface area (Å²) in [5.74, 6) is -1.82. The van der Waals surface area contributed by atoms with Gasteiger partial charge in [0.1, 0.15) is 12.0 Å². The van der Waals surface area contributed by atoms with E-state index >= 15 is 0 Å². The van der Waals surface area contributed by atoms with Crippen LogP contribution < -0.4 is 16.0 Å². The predicted octanol–water partition coefficient (Wildman–Crippen LogP) is 3.22. The minimum atomic E-state index is -4.61. The summed E-state index contributed by atoms with van der Waals surface area (Å²) < 4.78 is 52.0. The highest BCUT2D eigenvalue weighted by Crippen LogP contribution is 2.39. The van der Waals surface area contributed by atoms with Gasteiger partial charge in [-0.3, -0.25) is 14.9 Å². The van der Waals surface area contributed by atoms with Crippen LogP contribution in [0.3, 0.4) is 0 Å². The van der Waals surface area contributed by atoms with Crippen molar-refractivity contribution in [3.8, 4) is 0 Å². The number of halogens is 4. The van der Waals surface area contributed by atoms with Gasteiger partial charge in [-0.1, -0.05) is 19.9 Å². The Bertz CT molecular complexity index is 974. The van der Waals surface area contributed by atoms with E-state index in [4.69, 9.17) is 0 Å². The van der Waals surface area contributed by atoms with E-state index in [9.17, 15) is 27.2 Å². The van der Waals surface area contributed by atoms with Gasteiger partial charge in [0.05, 0.1) is 23.4 Å². The van der Waals surface area contributed by atoms with Gasteiger partial charge in [0, 0.05) is 12.4 Å². The van der Waals surface area contributed by atoms with Crippen LogP contribution in [0.4, 0.5) is 17.6 Å². The molecule has 1 aliphatic heterocycles. The molecule has 3 N–H and O–H groups in total. The number of nitrogens with one attached hydrogen (secondary N) is 3. The van der Waals surface area contributed by atoms with Gasteiger partial charge in [-0.15, -0.1) is 0 Å². The van der Waals surface area contributed by atoms with Crippen molar-refractivity contribution in [2.75, 3.05) is 0 Å². The highest BCUT2D eigenvalue weighted by Gasteiger charge is 2.34. The molecule has 0 radical (unpaired) electrons. The van der Waals surface area contributed by atoms with E-state index in [1.165, 1.54) is 18.5 Å². The molecule has 1 aromatic carbocycles. The topological polar surface area (TPSA) is 96.0 Å². The first-order valence-corrected chi connectivity index (χ1v) is 10.5. The maximum absolute atomic E-state index is 14.3. The second kappa shape index (κ2) is 9.82. The van der Waals surface area contributed by atoms with Crippen molar-refractivity contribution >= 4 is 23.6 Å². The van der Waals surface area contributed by atoms with Crippen molar-refractivity contribution < 1.29 is 27.2 Å². The number of alkyl halides is 3. The van der Waals surface area contributed by atoms with Crippen molar-refractivity contribution in [2.45, 2.75) is 48.9 Å². The maximum atomic E-state index is 14.3. The molecule has 12 heteroatoms. The zero-order valence-electron chi connectivity index (χ0n) is 17.1. The van der Waals surface area contributed by atoms with Gasteiger partial charge in [0.2, 0.25) is 11.8 Å². The fourth-order valence-electron chi connectivity index (χ4n) is 3.28. The molecule has 32 heavy (non-hydrogen) atoms. The summed E-state index contributed by atoms with van der Waals surface area (Å²) in [6.45, 7) is 3.56. The second-order valence-electron chi connectivity index (χ2n) is 7.50. The standard InChI is InChI=1S/C20H21F4N5O2S/c1-10(2)16(11-4-5-14(12(21)8-11)32-20(22,23)24)29-19(31)13-9-15(30)28-18(27-13)17-25-6-3-7-26-17/h3-8,10,13,16,18,27H,9H2,1-2H3,(H,28,30)(H,29,31)/t13?,16-,18?/m1/s1. The first-order valence-electron chi connectivity index (χ1n) is 9.71. The van der Waals surface area contributed by atoms with E-state index in [2.05, 4.69) is 25.9 Å². The van der Waals surface area contributed by atoms with Crippen LogP contribution in [0, 0.1) is 11.7 Å². The lowest BCUT2D eigenvalue weighted by molar-refractivity contribution is -0.132. The zero-order chi connectivity index (χ0) is 23.5. The van der Waals surface area contributed by atoms with E-state index in [0.29, 0.717) is 11.4 Å². The fraction of sp³-hybridized carbons (Fsp3) is 0.400. The molecule has 2 heterocycles. The lowest BCUT2D eigenvalue weighted by atomic mass is 9.95. The third-order valence-electron chi connectivity index (χ3n) is 4.73. The Morgan fingerprint density at radius 3 is 2.53 bits per heavy atom. The van der Waals surface area contributed by atoms with Crippen molar-refractivity contribution in [2.24, 2.45) is 5.92 Å². The molecule has 0 saturated carbocycles. The van der Waals surface area contributed by atoms with Crippen molar-refractivity contribution in [3.05, 3.63) is 53.9 Å². The van der Waals surface area contributed by atoms with Crippen LogP contribution >= 0.6 is 11.8 Å². The quantitative estimate of drug-likeness (QED) is 0.442. The molecule has 3 rings (SSSR count). The summed E-state index contributed by atoms with van der Waals surface area (Å²) in [4.78, 5) is 32.6. The average molecular weight is 471 g/mol. The molecular weight excluding hydrogens is 450 g/mol. The average Bonchev–Trinajstić information content (AvgIpc) is 2.72. The SMILES string of the molecule is CC(C)[C@@H](NC(=O)C1CC(=O)NC(c2ncccn2)N1)c1ccc(SC(F)(F)F)c(F)c1. The van der Waals surface area contributed by atoms with Crippen LogP contribution in [0.5, 0.6) is 0 Å². The lowest BCUT2D eigenvalue weighted by Gasteiger charge is -2.32. The molecule has 7 nitrogen and oxygen atoms in total. The van der Waals surface area contributed by atoms with Gasteiger partial charge in [-0.05, 0) is 41.4 Å². The molecule has 2 unspecified atom stereocenters. The number of amides is 2. The summed E-state index contributed by atoms with van der Waals surface area (Å²) >= 11 is -0.537. The summed E-state index contributed by atoms with van der Waals surface area (Å²) in [5.41, 5.74) is -4.29. The Labute approximate surface area is 185 Å². The molecule has 0 aliphatic carbocycles. The third kappa shape index (κ3) is 6.16. The number of thioether (sulfide) groups is 1. The minimum Gasteiger partial charge on any atom is -0.348 e. The Morgan fingerprint density at radius 2 is 1.94 bits per heavy atom. The van der Waals surface area contributed by atoms with Crippen molar-refractivity contribution in [1.29, 1.82) is 0 Å². The predicted molar refractivity (Wildman–Crippen MR) is 108 cm³/mol. The van der Waals surface area contributed by atoms with Crippen LogP contribution in [-0.4, -0.2) is 33.3 Å². The normalized spacial score (nSPS) is 20.0. The Kier molecular flexibility index (Phi) is 7.34. The fourth-order valence-corrected chi connectivity index (χ4v) is 3.82. The molecule has 1 aromatic heterocycles. The maximum Gasteiger partial charge on any atom is 0.446 e. The first-order chi connectivity index (χ1) is 15.0. The van der Waals surface area contributed by atoms with Crippen molar-refractivity contribution in [1.82, 2.24) is 25.9 Å². The van der Waals surface area contributed by atoms with E-state index < -0.39 is 52.1 Å². The number of rotatable bonds is 6. The Hall–Kier alpha value is -2.73. The molecule has 1 saturated heterocycles. The molecule has 1 fully saturated rings. The minimum absolute atomic E-state index is 0.129. The number of carbonyl (C=O) groups is 2. The van der Waals surface area contributed by atoms with Gasteiger partial charge in [0.25, 0.3) is 0 Å². The van der Waals surface area contributed by atoms with Gasteiger partial charge in [-0.2, -0.15) is 13.2 Å². The van der Waals surface area contributed by atoms with Crippen LogP contribution in [-0.2, 0) is 9.59 Å². The van der Waals surface area contributed by atoms with E-state index in [0.717, 1.165) is 12.1 Å². The monoisotopic (exact) mass is 471 g/mol. The van der Waals surface area contributed by atoms with E-state index in [-0.39, 0.29) is 18.2 Å². The van der Waals surface area contributed by atoms with Gasteiger partial charge < -0.3 is 10.6 Å². The van der Waals surface area contributed by atoms with E-state index in [1.807, 2.05) is 0 Å². The van der Waals surface area contributed by atoms with Gasteiger partial charge in [-0.25, -0.2) is 14.4 Å². The Balaban J connectivity index is 1.75. The van der Waals surface area contributed by atoms with Crippen molar-refractivity contribution in [3.63, 3.8) is 0 Å². The first kappa shape index (κ1) is 23.9. The third-order valence-corrected chi connectivity index (χ3v) is 5.51. The van der Waals surface area contributed by atoms with Crippen LogP contribution in [0.1, 0.15) is 43.9 Å². The smallest absolute Gasteiger partial charge is 0.348 e.